The molecule has 1 saturated heterocycles. The molecule has 0 saturated carbocycles. The zero-order chi connectivity index (χ0) is 9.73. The Morgan fingerprint density at radius 2 is 2.15 bits per heavy atom. The van der Waals surface area contributed by atoms with Crippen molar-refractivity contribution in [1.29, 1.82) is 0 Å². The van der Waals surface area contributed by atoms with Crippen LogP contribution in [0.1, 0.15) is 26.2 Å². The van der Waals surface area contributed by atoms with Crippen molar-refractivity contribution in [3.63, 3.8) is 0 Å². The van der Waals surface area contributed by atoms with Crippen molar-refractivity contribution < 1.29 is 8.54 Å². The van der Waals surface area contributed by atoms with Crippen LogP contribution in [-0.2, 0) is 8.54 Å². The summed E-state index contributed by atoms with van der Waals surface area (Å²) in [6.45, 7) is 7.75. The first-order valence-corrected chi connectivity index (χ1v) is 10.4. The summed E-state index contributed by atoms with van der Waals surface area (Å²) in [4.78, 5) is 0. The first-order chi connectivity index (χ1) is 6.16. The van der Waals surface area contributed by atoms with Crippen molar-refractivity contribution in [3.8, 4) is 0 Å². The summed E-state index contributed by atoms with van der Waals surface area (Å²) in [5.74, 6) is 0. The second-order valence-corrected chi connectivity index (χ2v) is 10.5. The highest BCUT2D eigenvalue weighted by atomic mass is 28.4. The zero-order valence-electron chi connectivity index (χ0n) is 9.14. The standard InChI is InChI=1S/C9H22O2Si2/c1-4-8-13(3)9-6-5-7-10-12(2)11-13/h12H,4-9H2,1-3H3. The highest BCUT2D eigenvalue weighted by Crippen LogP contribution is 2.24. The van der Waals surface area contributed by atoms with Crippen LogP contribution in [0.25, 0.3) is 0 Å². The second kappa shape index (κ2) is 5.29. The predicted octanol–water partition coefficient (Wildman–Crippen LogP) is 2.65. The Hall–Kier alpha value is 0.354. The molecule has 0 bridgehead atoms. The summed E-state index contributed by atoms with van der Waals surface area (Å²) < 4.78 is 11.9. The molecule has 1 heterocycles. The van der Waals surface area contributed by atoms with Gasteiger partial charge in [0.25, 0.3) is 0 Å². The first-order valence-electron chi connectivity index (χ1n) is 5.46. The topological polar surface area (TPSA) is 18.5 Å². The van der Waals surface area contributed by atoms with E-state index < -0.39 is 17.6 Å². The fraction of sp³-hybridized carbons (Fsp3) is 1.00. The van der Waals surface area contributed by atoms with Gasteiger partial charge in [-0.25, -0.2) is 0 Å². The number of rotatable bonds is 2. The van der Waals surface area contributed by atoms with E-state index in [9.17, 15) is 0 Å². The maximum atomic E-state index is 6.17. The lowest BCUT2D eigenvalue weighted by molar-refractivity contribution is 0.251. The lowest BCUT2D eigenvalue weighted by Crippen LogP contribution is -2.42. The normalized spacial score (nSPS) is 36.7. The molecule has 2 nitrogen and oxygen atoms in total. The summed E-state index contributed by atoms with van der Waals surface area (Å²) in [6, 6.07) is 2.66. The molecule has 2 atom stereocenters. The molecule has 0 aromatic carbocycles. The van der Waals surface area contributed by atoms with Gasteiger partial charge in [-0.15, -0.1) is 0 Å². The largest absolute Gasteiger partial charge is 0.438 e. The quantitative estimate of drug-likeness (QED) is 0.664. The Bertz CT molecular complexity index is 155. The van der Waals surface area contributed by atoms with Gasteiger partial charge in [-0.2, -0.15) is 0 Å². The average molecular weight is 218 g/mol. The minimum absolute atomic E-state index is 0.935. The lowest BCUT2D eigenvalue weighted by Gasteiger charge is -2.32. The number of hydrogen-bond donors (Lipinski definition) is 0. The molecule has 4 heteroatoms. The van der Waals surface area contributed by atoms with Gasteiger partial charge in [0.05, 0.1) is 0 Å². The molecule has 1 aliphatic rings. The molecule has 13 heavy (non-hydrogen) atoms. The van der Waals surface area contributed by atoms with Crippen LogP contribution in [0.3, 0.4) is 0 Å². The molecule has 78 valence electrons. The van der Waals surface area contributed by atoms with Crippen LogP contribution in [0.5, 0.6) is 0 Å². The van der Waals surface area contributed by atoms with Crippen molar-refractivity contribution in [1.82, 2.24) is 0 Å². The third-order valence-electron chi connectivity index (χ3n) is 2.68. The van der Waals surface area contributed by atoms with Gasteiger partial charge in [-0.1, -0.05) is 19.8 Å². The molecule has 0 radical (unpaired) electrons. The van der Waals surface area contributed by atoms with Crippen molar-refractivity contribution in [2.24, 2.45) is 0 Å². The van der Waals surface area contributed by atoms with Gasteiger partial charge in [0.2, 0.25) is 0 Å². The summed E-state index contributed by atoms with van der Waals surface area (Å²) in [5, 5.41) is 0. The van der Waals surface area contributed by atoms with E-state index in [1.807, 2.05) is 0 Å². The van der Waals surface area contributed by atoms with Crippen LogP contribution >= 0.6 is 0 Å². The summed E-state index contributed by atoms with van der Waals surface area (Å²) >= 11 is 0. The van der Waals surface area contributed by atoms with E-state index in [1.54, 1.807) is 0 Å². The molecular formula is C9H22O2Si2. The van der Waals surface area contributed by atoms with Crippen LogP contribution in [0.4, 0.5) is 0 Å². The van der Waals surface area contributed by atoms with Crippen molar-refractivity contribution in [2.75, 3.05) is 6.61 Å². The monoisotopic (exact) mass is 218 g/mol. The molecule has 0 amide bonds. The summed E-state index contributed by atoms with van der Waals surface area (Å²) in [6.07, 6.45) is 3.82. The van der Waals surface area contributed by atoms with Crippen molar-refractivity contribution in [2.45, 2.75) is 51.4 Å². The summed E-state index contributed by atoms with van der Waals surface area (Å²) in [5.41, 5.74) is 0. The number of hydrogen-bond acceptors (Lipinski definition) is 2. The highest BCUT2D eigenvalue weighted by Gasteiger charge is 2.31. The molecule has 1 aliphatic heterocycles. The third kappa shape index (κ3) is 3.93. The van der Waals surface area contributed by atoms with Gasteiger partial charge in [0.15, 0.2) is 8.32 Å². The SMILES string of the molecule is CCC[Si]1(C)CCCCO[SiH](C)O1. The lowest BCUT2D eigenvalue weighted by atomic mass is 10.4. The van der Waals surface area contributed by atoms with E-state index in [1.165, 1.54) is 31.4 Å². The Balaban J connectivity index is 2.48. The Labute approximate surface area is 84.6 Å². The molecule has 0 aliphatic carbocycles. The Morgan fingerprint density at radius 1 is 1.38 bits per heavy atom. The maximum absolute atomic E-state index is 6.17. The van der Waals surface area contributed by atoms with Crippen LogP contribution in [0.2, 0.25) is 25.2 Å². The van der Waals surface area contributed by atoms with Crippen LogP contribution in [-0.4, -0.2) is 24.2 Å². The molecule has 2 unspecified atom stereocenters. The Morgan fingerprint density at radius 3 is 2.85 bits per heavy atom. The maximum Gasteiger partial charge on any atom is 0.307 e. The predicted molar refractivity (Wildman–Crippen MR) is 60.8 cm³/mol. The molecule has 0 aromatic rings. The minimum Gasteiger partial charge on any atom is -0.438 e. The molecular weight excluding hydrogens is 196 g/mol. The first kappa shape index (κ1) is 11.4. The van der Waals surface area contributed by atoms with E-state index >= 15 is 0 Å². The average Bonchev–Trinajstić information content (AvgIpc) is 2.01. The molecule has 0 aromatic heterocycles. The highest BCUT2D eigenvalue weighted by molar-refractivity contribution is 6.78. The van der Waals surface area contributed by atoms with Gasteiger partial charge in [-0.3, -0.25) is 0 Å². The van der Waals surface area contributed by atoms with E-state index in [2.05, 4.69) is 20.0 Å². The molecule has 0 N–H and O–H groups in total. The van der Waals surface area contributed by atoms with Gasteiger partial charge in [0.1, 0.15) is 0 Å². The third-order valence-corrected chi connectivity index (χ3v) is 9.96. The van der Waals surface area contributed by atoms with Gasteiger partial charge in [-0.05, 0) is 31.6 Å². The fourth-order valence-corrected chi connectivity index (χ4v) is 9.28. The van der Waals surface area contributed by atoms with Gasteiger partial charge >= 0.3 is 9.28 Å². The van der Waals surface area contributed by atoms with E-state index in [4.69, 9.17) is 8.54 Å². The van der Waals surface area contributed by atoms with Gasteiger partial charge < -0.3 is 8.54 Å². The smallest absolute Gasteiger partial charge is 0.307 e. The van der Waals surface area contributed by atoms with Crippen LogP contribution < -0.4 is 0 Å². The zero-order valence-corrected chi connectivity index (χ0v) is 11.3. The van der Waals surface area contributed by atoms with E-state index in [0.717, 1.165) is 6.61 Å². The second-order valence-electron chi connectivity index (χ2n) is 4.21. The molecule has 1 rings (SSSR count). The fourth-order valence-electron chi connectivity index (χ4n) is 2.06. The van der Waals surface area contributed by atoms with Crippen molar-refractivity contribution >= 4 is 17.6 Å². The molecule has 0 spiro atoms. The summed E-state index contributed by atoms with van der Waals surface area (Å²) in [7, 11) is -2.61. The van der Waals surface area contributed by atoms with E-state index in [-0.39, 0.29) is 0 Å². The van der Waals surface area contributed by atoms with Gasteiger partial charge in [0, 0.05) is 6.61 Å². The Kier molecular flexibility index (Phi) is 4.65. The molecule has 1 fully saturated rings. The van der Waals surface area contributed by atoms with Crippen LogP contribution in [0, 0.1) is 0 Å². The van der Waals surface area contributed by atoms with Crippen molar-refractivity contribution in [3.05, 3.63) is 0 Å². The minimum atomic E-state index is -1.35. The van der Waals surface area contributed by atoms with E-state index in [0.29, 0.717) is 0 Å². The van der Waals surface area contributed by atoms with Crippen LogP contribution in [0.15, 0.2) is 0 Å².